The minimum atomic E-state index is -4.63. The molecule has 3 aromatic carbocycles. The lowest BCUT2D eigenvalue weighted by Crippen LogP contribution is -2.66. The van der Waals surface area contributed by atoms with Gasteiger partial charge in [0.15, 0.2) is 0 Å². The molecule has 64 heavy (non-hydrogen) atoms. The Morgan fingerprint density at radius 1 is 1.02 bits per heavy atom. The molecular weight excluding hydrogens is 840 g/mol. The van der Waals surface area contributed by atoms with E-state index in [2.05, 4.69) is 67.9 Å². The number of amides is 1. The Labute approximate surface area is 371 Å². The fraction of sp³-hybridized carbons (Fsp3) is 0.447. The van der Waals surface area contributed by atoms with E-state index < -0.39 is 37.1 Å². The number of benzene rings is 3. The number of nitro benzene ring substituents is 1. The maximum atomic E-state index is 15.3. The zero-order valence-electron chi connectivity index (χ0n) is 36.0. The summed E-state index contributed by atoms with van der Waals surface area (Å²) in [6.07, 6.45) is 6.69. The molecule has 6 heterocycles. The summed E-state index contributed by atoms with van der Waals surface area (Å²) in [7, 11) is -4.63. The summed E-state index contributed by atoms with van der Waals surface area (Å²) in [5.41, 5.74) is 3.64. The predicted octanol–water partition coefficient (Wildman–Crippen LogP) is 7.98. The SMILES string of the molecule is CC(C)c1ccccc1[C@@H]1CCCN1C1CC2(C1)CN(c1ccc(C(=O)NS(=O)(=O)c3ccc(NCC4(F)CCOCC4)c([N+](=O)[O-])c3)c(N3CCOc4nc5[nH]ccc5cc43)c1)C2. The van der Waals surface area contributed by atoms with Crippen molar-refractivity contribution in [2.24, 2.45) is 5.41 Å². The van der Waals surface area contributed by atoms with E-state index in [1.54, 1.807) is 12.3 Å². The summed E-state index contributed by atoms with van der Waals surface area (Å²) in [6, 6.07) is 22.4. The van der Waals surface area contributed by atoms with Crippen molar-refractivity contribution < 1.29 is 32.0 Å². The van der Waals surface area contributed by atoms with Crippen LogP contribution < -0.4 is 24.6 Å². The summed E-state index contributed by atoms with van der Waals surface area (Å²) < 4.78 is 56.4. The van der Waals surface area contributed by atoms with Crippen LogP contribution in [0.2, 0.25) is 0 Å². The van der Waals surface area contributed by atoms with Crippen molar-refractivity contribution in [3.05, 3.63) is 106 Å². The normalized spacial score (nSPS) is 20.7. The molecule has 15 nitrogen and oxygen atoms in total. The maximum Gasteiger partial charge on any atom is 0.293 e. The first-order valence-corrected chi connectivity index (χ1v) is 23.8. The number of alkyl halides is 1. The van der Waals surface area contributed by atoms with Gasteiger partial charge in [0.25, 0.3) is 21.6 Å². The van der Waals surface area contributed by atoms with E-state index in [-0.39, 0.29) is 55.9 Å². The number of fused-ring (bicyclic) bond motifs is 2. The van der Waals surface area contributed by atoms with Crippen LogP contribution in [0.5, 0.6) is 5.88 Å². The molecule has 1 atom stereocenters. The molecule has 5 aliphatic rings. The standard InChI is InChI=1S/C47H53FN8O7S/c1-30(2)35-6-3-4-7-36(35)39-8-5-17-54(39)33-25-46(26-33)28-53(29-46)32-9-11-37(40(23-32)55-18-21-63-45-42(55)22-31-13-16-49-43(31)51-45)44(57)52-64(60,61)34-10-12-38(41(24-34)56(58)59)50-27-47(48)14-19-62-20-15-47/h3-4,6-7,9-13,16,22-24,30,33,39,50H,5,8,14-15,17-21,25-29H2,1-2H3,(H,49,51)(H,52,57)/t39-/m0/s1. The smallest absolute Gasteiger partial charge is 0.293 e. The number of likely N-dealkylation sites (tertiary alicyclic amines) is 1. The van der Waals surface area contributed by atoms with Crippen LogP contribution in [-0.2, 0) is 14.8 Å². The van der Waals surface area contributed by atoms with Gasteiger partial charge in [-0.25, -0.2) is 17.5 Å². The molecular formula is C47H53FN8O7S. The van der Waals surface area contributed by atoms with Gasteiger partial charge in [-0.15, -0.1) is 0 Å². The number of aromatic amines is 1. The number of ether oxygens (including phenoxy) is 2. The van der Waals surface area contributed by atoms with E-state index in [0.29, 0.717) is 47.4 Å². The second-order valence-corrected chi connectivity index (χ2v) is 20.2. The van der Waals surface area contributed by atoms with Crippen molar-refractivity contribution in [3.63, 3.8) is 0 Å². The van der Waals surface area contributed by atoms with Gasteiger partial charge in [-0.05, 0) is 91.7 Å². The van der Waals surface area contributed by atoms with Crippen molar-refractivity contribution in [1.82, 2.24) is 19.6 Å². The van der Waals surface area contributed by atoms with Gasteiger partial charge in [0.2, 0.25) is 5.88 Å². The number of rotatable bonds is 12. The molecule has 1 saturated carbocycles. The number of anilines is 4. The van der Waals surface area contributed by atoms with Crippen LogP contribution in [0.1, 0.15) is 85.8 Å². The van der Waals surface area contributed by atoms with Crippen molar-refractivity contribution >= 4 is 55.4 Å². The minimum absolute atomic E-state index is 0.0364. The molecule has 0 unspecified atom stereocenters. The average Bonchev–Trinajstić information content (AvgIpc) is 3.93. The fourth-order valence-electron chi connectivity index (χ4n) is 10.7. The lowest BCUT2D eigenvalue weighted by Gasteiger charge is -2.62. The van der Waals surface area contributed by atoms with Gasteiger partial charge < -0.3 is 29.6 Å². The first kappa shape index (κ1) is 42.2. The topological polar surface area (TPSA) is 175 Å². The quantitative estimate of drug-likeness (QED) is 0.0815. The Morgan fingerprint density at radius 3 is 2.59 bits per heavy atom. The number of aromatic nitrogens is 2. The first-order valence-electron chi connectivity index (χ1n) is 22.3. The van der Waals surface area contributed by atoms with Crippen LogP contribution in [-0.4, -0.2) is 98.4 Å². The number of H-pyrrole nitrogens is 1. The molecule has 336 valence electrons. The van der Waals surface area contributed by atoms with Gasteiger partial charge in [-0.3, -0.25) is 19.8 Å². The van der Waals surface area contributed by atoms with Crippen molar-refractivity contribution in [2.75, 3.05) is 67.7 Å². The van der Waals surface area contributed by atoms with Gasteiger partial charge >= 0.3 is 0 Å². The van der Waals surface area contributed by atoms with E-state index in [1.165, 1.54) is 30.0 Å². The summed E-state index contributed by atoms with van der Waals surface area (Å²) in [5.74, 6) is -0.0582. The van der Waals surface area contributed by atoms with Crippen LogP contribution in [0.15, 0.2) is 83.9 Å². The zero-order valence-corrected chi connectivity index (χ0v) is 36.8. The van der Waals surface area contributed by atoms with Gasteiger partial charge in [0.05, 0.1) is 27.6 Å². The third-order valence-corrected chi connectivity index (χ3v) is 15.4. The summed E-state index contributed by atoms with van der Waals surface area (Å²) >= 11 is 0. The molecule has 1 amide bonds. The zero-order chi connectivity index (χ0) is 44.4. The number of hydrogen-bond donors (Lipinski definition) is 3. The van der Waals surface area contributed by atoms with E-state index in [1.807, 2.05) is 29.2 Å². The van der Waals surface area contributed by atoms with E-state index in [9.17, 15) is 23.3 Å². The van der Waals surface area contributed by atoms with Gasteiger partial charge in [-0.2, -0.15) is 4.98 Å². The molecule has 1 spiro atoms. The highest BCUT2D eigenvalue weighted by molar-refractivity contribution is 7.90. The highest BCUT2D eigenvalue weighted by Gasteiger charge is 2.55. The fourth-order valence-corrected chi connectivity index (χ4v) is 11.6. The first-order chi connectivity index (χ1) is 30.8. The number of pyridine rings is 1. The number of nitrogens with one attached hydrogen (secondary N) is 3. The van der Waals surface area contributed by atoms with Gasteiger partial charge in [-0.1, -0.05) is 38.1 Å². The van der Waals surface area contributed by atoms with Crippen LogP contribution >= 0.6 is 0 Å². The molecule has 0 bridgehead atoms. The van der Waals surface area contributed by atoms with Crippen molar-refractivity contribution in [1.29, 1.82) is 0 Å². The predicted molar refractivity (Wildman–Crippen MR) is 242 cm³/mol. The molecule has 5 aromatic rings. The van der Waals surface area contributed by atoms with Crippen LogP contribution in [0, 0.1) is 15.5 Å². The molecule has 2 aromatic heterocycles. The number of nitrogens with zero attached hydrogens (tertiary/aromatic N) is 5. The van der Waals surface area contributed by atoms with E-state index in [4.69, 9.17) is 9.47 Å². The number of carbonyl (C=O) groups excluding carboxylic acids is 1. The Kier molecular flexibility index (Phi) is 10.8. The van der Waals surface area contributed by atoms with Crippen LogP contribution in [0.25, 0.3) is 11.0 Å². The lowest BCUT2D eigenvalue weighted by molar-refractivity contribution is -0.384. The second kappa shape index (κ2) is 16.3. The molecule has 1 aliphatic carbocycles. The number of carbonyl (C=O) groups is 1. The van der Waals surface area contributed by atoms with Crippen LogP contribution in [0.4, 0.5) is 32.8 Å². The molecule has 4 fully saturated rings. The number of nitro groups is 1. The summed E-state index contributed by atoms with van der Waals surface area (Å²) in [5, 5.41) is 15.8. The Bertz CT molecular complexity index is 2730. The summed E-state index contributed by atoms with van der Waals surface area (Å²) in [4.78, 5) is 40.0. The number of sulfonamides is 1. The number of hydrogen-bond acceptors (Lipinski definition) is 12. The minimum Gasteiger partial charge on any atom is -0.474 e. The van der Waals surface area contributed by atoms with Gasteiger partial charge in [0.1, 0.15) is 29.3 Å². The third kappa shape index (κ3) is 7.80. The van der Waals surface area contributed by atoms with Crippen LogP contribution in [0.3, 0.4) is 0 Å². The monoisotopic (exact) mass is 892 g/mol. The molecule has 4 aliphatic heterocycles. The van der Waals surface area contributed by atoms with E-state index in [0.717, 1.165) is 55.7 Å². The van der Waals surface area contributed by atoms with E-state index >= 15 is 4.39 Å². The molecule has 17 heteroatoms. The molecule has 3 saturated heterocycles. The lowest BCUT2D eigenvalue weighted by atomic mass is 9.60. The Balaban J connectivity index is 0.896. The highest BCUT2D eigenvalue weighted by Crippen LogP contribution is 2.55. The molecule has 10 rings (SSSR count). The Hall–Kier alpha value is -5.78. The average molecular weight is 893 g/mol. The largest absolute Gasteiger partial charge is 0.474 e. The molecule has 3 N–H and O–H groups in total. The Morgan fingerprint density at radius 2 is 1.81 bits per heavy atom. The number of halogens is 1. The second-order valence-electron chi connectivity index (χ2n) is 18.5. The summed E-state index contributed by atoms with van der Waals surface area (Å²) in [6.45, 7) is 8.31. The highest BCUT2D eigenvalue weighted by atomic mass is 32.2. The van der Waals surface area contributed by atoms with Crippen molar-refractivity contribution in [2.45, 2.75) is 80.9 Å². The third-order valence-electron chi connectivity index (χ3n) is 14.0. The molecule has 0 radical (unpaired) electrons. The maximum absolute atomic E-state index is 15.3. The van der Waals surface area contributed by atoms with Gasteiger partial charge in [0, 0.05) is 86.5 Å². The van der Waals surface area contributed by atoms with Crippen molar-refractivity contribution in [3.8, 4) is 5.88 Å².